The van der Waals surface area contributed by atoms with Crippen LogP contribution in [0.5, 0.6) is 0 Å². The Morgan fingerprint density at radius 2 is 2.70 bits per heavy atom. The smallest absolute Gasteiger partial charge is 0.314 e. The van der Waals surface area contributed by atoms with Crippen LogP contribution in [0.4, 0.5) is 0 Å². The van der Waals surface area contributed by atoms with E-state index in [0.29, 0.717) is 6.61 Å². The second-order valence-corrected chi connectivity index (χ2v) is 2.20. The van der Waals surface area contributed by atoms with E-state index < -0.39 is 0 Å². The first kappa shape index (κ1) is 7.25. The van der Waals surface area contributed by atoms with Crippen molar-refractivity contribution in [3.63, 3.8) is 0 Å². The Hall–Kier alpha value is -0.860. The Balaban J connectivity index is 2.33. The molecule has 1 heterocycles. The quantitative estimate of drug-likeness (QED) is 0.529. The molecule has 0 spiro atoms. The van der Waals surface area contributed by atoms with Crippen molar-refractivity contribution in [2.75, 3.05) is 13.2 Å². The minimum Gasteiger partial charge on any atom is -0.465 e. The molecule has 3 nitrogen and oxygen atoms in total. The number of rotatable bonds is 2. The van der Waals surface area contributed by atoms with E-state index in [4.69, 9.17) is 4.74 Å². The molecule has 0 bridgehead atoms. The van der Waals surface area contributed by atoms with Crippen molar-refractivity contribution in [1.29, 1.82) is 0 Å². The topological polar surface area (TPSA) is 38.7 Å². The highest BCUT2D eigenvalue weighted by Gasteiger charge is 2.19. The van der Waals surface area contributed by atoms with Crippen LogP contribution in [0.2, 0.25) is 0 Å². The minimum absolute atomic E-state index is 0.0695. The Labute approximate surface area is 60.1 Å². The Morgan fingerprint density at radius 3 is 3.20 bits per heavy atom. The van der Waals surface area contributed by atoms with Gasteiger partial charge in [0.15, 0.2) is 0 Å². The summed E-state index contributed by atoms with van der Waals surface area (Å²) in [6, 6.07) is 0. The van der Waals surface area contributed by atoms with Crippen LogP contribution in [0.25, 0.3) is 0 Å². The van der Waals surface area contributed by atoms with Crippen molar-refractivity contribution in [3.8, 4) is 0 Å². The van der Waals surface area contributed by atoms with Gasteiger partial charge in [0, 0.05) is 12.8 Å². The van der Waals surface area contributed by atoms with Crippen LogP contribution in [0.15, 0.2) is 4.99 Å². The molecule has 0 aromatic carbocycles. The zero-order valence-electron chi connectivity index (χ0n) is 6.04. The molecule has 0 radical (unpaired) electrons. The van der Waals surface area contributed by atoms with Crippen LogP contribution in [0, 0.1) is 5.92 Å². The number of esters is 1. The first-order chi connectivity index (χ1) is 4.84. The molecule has 1 aliphatic heterocycles. The molecule has 56 valence electrons. The first-order valence-electron chi connectivity index (χ1n) is 3.51. The SMILES string of the molecule is CCOC(=O)C1C=NCC1. The molecule has 0 N–H and O–H groups in total. The molecule has 1 atom stereocenters. The molecular weight excluding hydrogens is 130 g/mol. The number of aliphatic imine (C=N–C) groups is 1. The number of carbonyl (C=O) groups excluding carboxylic acids is 1. The van der Waals surface area contributed by atoms with Gasteiger partial charge in [0.25, 0.3) is 0 Å². The molecule has 0 aliphatic carbocycles. The standard InChI is InChI=1S/C7H11NO2/c1-2-10-7(9)6-3-4-8-5-6/h5-6H,2-4H2,1H3. The third-order valence-corrected chi connectivity index (χ3v) is 1.44. The molecule has 1 unspecified atom stereocenters. The fourth-order valence-corrected chi connectivity index (χ4v) is 0.918. The van der Waals surface area contributed by atoms with E-state index in [1.807, 2.05) is 6.92 Å². The highest BCUT2D eigenvalue weighted by Crippen LogP contribution is 2.08. The maximum absolute atomic E-state index is 10.9. The van der Waals surface area contributed by atoms with Crippen molar-refractivity contribution < 1.29 is 9.53 Å². The molecule has 0 fully saturated rings. The van der Waals surface area contributed by atoms with Gasteiger partial charge in [-0.3, -0.25) is 9.79 Å². The number of ether oxygens (including phenoxy) is 1. The second kappa shape index (κ2) is 3.34. The van der Waals surface area contributed by atoms with Crippen molar-refractivity contribution in [2.45, 2.75) is 13.3 Å². The van der Waals surface area contributed by atoms with E-state index in [0.717, 1.165) is 13.0 Å². The molecule has 0 amide bonds. The van der Waals surface area contributed by atoms with Crippen molar-refractivity contribution >= 4 is 12.2 Å². The van der Waals surface area contributed by atoms with Gasteiger partial charge >= 0.3 is 5.97 Å². The summed E-state index contributed by atoms with van der Waals surface area (Å²) in [4.78, 5) is 14.9. The third-order valence-electron chi connectivity index (χ3n) is 1.44. The average Bonchev–Trinajstić information content (AvgIpc) is 2.38. The highest BCUT2D eigenvalue weighted by molar-refractivity contribution is 5.90. The summed E-state index contributed by atoms with van der Waals surface area (Å²) in [5.41, 5.74) is 0. The minimum atomic E-state index is -0.135. The second-order valence-electron chi connectivity index (χ2n) is 2.20. The highest BCUT2D eigenvalue weighted by atomic mass is 16.5. The number of carbonyl (C=O) groups is 1. The van der Waals surface area contributed by atoms with Gasteiger partial charge in [-0.1, -0.05) is 0 Å². The Morgan fingerprint density at radius 1 is 1.90 bits per heavy atom. The molecule has 0 aromatic heterocycles. The molecular formula is C7H11NO2. The molecule has 1 rings (SSSR count). The predicted octanol–water partition coefficient (Wildman–Crippen LogP) is 0.640. The zero-order chi connectivity index (χ0) is 7.40. The maximum Gasteiger partial charge on any atom is 0.314 e. The normalized spacial score (nSPS) is 23.1. The van der Waals surface area contributed by atoms with E-state index in [9.17, 15) is 4.79 Å². The lowest BCUT2D eigenvalue weighted by Gasteiger charge is -2.03. The monoisotopic (exact) mass is 141 g/mol. The van der Waals surface area contributed by atoms with E-state index >= 15 is 0 Å². The fraction of sp³-hybridized carbons (Fsp3) is 0.714. The molecule has 10 heavy (non-hydrogen) atoms. The lowest BCUT2D eigenvalue weighted by molar-refractivity contribution is -0.145. The van der Waals surface area contributed by atoms with Crippen molar-refractivity contribution in [2.24, 2.45) is 10.9 Å². The van der Waals surface area contributed by atoms with E-state index in [2.05, 4.69) is 4.99 Å². The van der Waals surface area contributed by atoms with E-state index in [-0.39, 0.29) is 11.9 Å². The van der Waals surface area contributed by atoms with Crippen LogP contribution >= 0.6 is 0 Å². The van der Waals surface area contributed by atoms with Crippen molar-refractivity contribution in [3.05, 3.63) is 0 Å². The number of hydrogen-bond acceptors (Lipinski definition) is 3. The summed E-state index contributed by atoms with van der Waals surface area (Å²) >= 11 is 0. The van der Waals surface area contributed by atoms with Crippen LogP contribution < -0.4 is 0 Å². The lowest BCUT2D eigenvalue weighted by Crippen LogP contribution is -2.16. The van der Waals surface area contributed by atoms with Gasteiger partial charge in [-0.05, 0) is 13.3 Å². The lowest BCUT2D eigenvalue weighted by atomic mass is 10.1. The van der Waals surface area contributed by atoms with Gasteiger partial charge in [-0.15, -0.1) is 0 Å². The number of nitrogens with zero attached hydrogens (tertiary/aromatic N) is 1. The summed E-state index contributed by atoms with van der Waals surface area (Å²) in [6.07, 6.45) is 2.50. The number of hydrogen-bond donors (Lipinski definition) is 0. The van der Waals surface area contributed by atoms with Gasteiger partial charge in [0.1, 0.15) is 0 Å². The van der Waals surface area contributed by atoms with E-state index in [1.165, 1.54) is 0 Å². The van der Waals surface area contributed by atoms with Gasteiger partial charge < -0.3 is 4.74 Å². The van der Waals surface area contributed by atoms with Gasteiger partial charge in [-0.2, -0.15) is 0 Å². The van der Waals surface area contributed by atoms with Crippen LogP contribution in [-0.2, 0) is 9.53 Å². The molecule has 0 aromatic rings. The summed E-state index contributed by atoms with van der Waals surface area (Å²) in [6.45, 7) is 3.04. The molecule has 3 heteroatoms. The molecule has 1 aliphatic rings. The van der Waals surface area contributed by atoms with Crippen LogP contribution in [0.3, 0.4) is 0 Å². The molecule has 0 saturated carbocycles. The predicted molar refractivity (Wildman–Crippen MR) is 38.1 cm³/mol. The van der Waals surface area contributed by atoms with Gasteiger partial charge in [0.2, 0.25) is 0 Å². The largest absolute Gasteiger partial charge is 0.465 e. The summed E-state index contributed by atoms with van der Waals surface area (Å²) in [5, 5.41) is 0. The van der Waals surface area contributed by atoms with Crippen LogP contribution in [0.1, 0.15) is 13.3 Å². The van der Waals surface area contributed by atoms with E-state index in [1.54, 1.807) is 6.21 Å². The Bertz CT molecular complexity index is 154. The molecule has 0 saturated heterocycles. The maximum atomic E-state index is 10.9. The fourth-order valence-electron chi connectivity index (χ4n) is 0.918. The van der Waals surface area contributed by atoms with Gasteiger partial charge in [-0.25, -0.2) is 0 Å². The third kappa shape index (κ3) is 1.56. The summed E-state index contributed by atoms with van der Waals surface area (Å²) in [5.74, 6) is -0.205. The first-order valence-corrected chi connectivity index (χ1v) is 3.51. The van der Waals surface area contributed by atoms with Crippen LogP contribution in [-0.4, -0.2) is 25.3 Å². The Kier molecular flexibility index (Phi) is 2.42. The summed E-state index contributed by atoms with van der Waals surface area (Å²) in [7, 11) is 0. The van der Waals surface area contributed by atoms with Gasteiger partial charge in [0.05, 0.1) is 12.5 Å². The van der Waals surface area contributed by atoms with Crippen molar-refractivity contribution in [1.82, 2.24) is 0 Å². The summed E-state index contributed by atoms with van der Waals surface area (Å²) < 4.78 is 4.80. The average molecular weight is 141 g/mol. The zero-order valence-corrected chi connectivity index (χ0v) is 6.04.